The van der Waals surface area contributed by atoms with Crippen molar-refractivity contribution in [1.82, 2.24) is 9.88 Å². The molecule has 1 aliphatic rings. The lowest BCUT2D eigenvalue weighted by Gasteiger charge is -2.18. The van der Waals surface area contributed by atoms with Crippen LogP contribution in [0.5, 0.6) is 0 Å². The highest BCUT2D eigenvalue weighted by molar-refractivity contribution is 7.96. The maximum absolute atomic E-state index is 14.3. The molecule has 1 unspecified atom stereocenters. The van der Waals surface area contributed by atoms with E-state index in [1.165, 1.54) is 11.9 Å². The Labute approximate surface area is 169 Å². The molecule has 0 aliphatic carbocycles. The van der Waals surface area contributed by atoms with E-state index in [0.29, 0.717) is 13.0 Å². The van der Waals surface area contributed by atoms with E-state index in [-0.39, 0.29) is 22.6 Å². The van der Waals surface area contributed by atoms with E-state index < -0.39 is 42.4 Å². The van der Waals surface area contributed by atoms with Gasteiger partial charge in [0.2, 0.25) is 0 Å². The molecule has 0 saturated carbocycles. The summed E-state index contributed by atoms with van der Waals surface area (Å²) < 4.78 is 63.1. The predicted octanol–water partition coefficient (Wildman–Crippen LogP) is 1.50. The van der Waals surface area contributed by atoms with Crippen molar-refractivity contribution in [3.63, 3.8) is 0 Å². The number of amides is 1. The van der Waals surface area contributed by atoms with Crippen LogP contribution in [-0.2, 0) is 26.1 Å². The fraction of sp³-hybridized carbons (Fsp3) is 0.368. The molecule has 0 bridgehead atoms. The topological polar surface area (TPSA) is 101 Å². The smallest absolute Gasteiger partial charge is 0.256 e. The second-order valence-corrected chi connectivity index (χ2v) is 11.5. The first-order valence-corrected chi connectivity index (χ1v) is 12.4. The predicted molar refractivity (Wildman–Crippen MR) is 106 cm³/mol. The van der Waals surface area contributed by atoms with Gasteiger partial charge in [-0.1, -0.05) is 0 Å². The molecular weight excluding hydrogens is 419 g/mol. The quantitative estimate of drug-likeness (QED) is 0.631. The van der Waals surface area contributed by atoms with Gasteiger partial charge in [-0.05, 0) is 48.7 Å². The molecule has 156 valence electrons. The van der Waals surface area contributed by atoms with Crippen LogP contribution in [0.4, 0.5) is 4.39 Å². The third kappa shape index (κ3) is 4.81. The largest absolute Gasteiger partial charge is 0.341 e. The normalized spacial score (nSPS) is 18.5. The summed E-state index contributed by atoms with van der Waals surface area (Å²) in [5.41, 5.74) is 0.600. The van der Waals surface area contributed by atoms with Crippen LogP contribution in [0.3, 0.4) is 0 Å². The van der Waals surface area contributed by atoms with Crippen LogP contribution in [0.2, 0.25) is 0 Å². The van der Waals surface area contributed by atoms with Gasteiger partial charge in [-0.25, -0.2) is 21.2 Å². The van der Waals surface area contributed by atoms with E-state index in [1.54, 1.807) is 12.4 Å². The van der Waals surface area contributed by atoms with E-state index in [1.807, 2.05) is 12.1 Å². The molecule has 2 heterocycles. The first-order chi connectivity index (χ1) is 13.6. The highest BCUT2D eigenvalue weighted by Gasteiger charge is 2.38. The second-order valence-electron chi connectivity index (χ2n) is 7.04. The van der Waals surface area contributed by atoms with E-state index in [9.17, 15) is 26.0 Å². The van der Waals surface area contributed by atoms with Crippen LogP contribution < -0.4 is 0 Å². The maximum atomic E-state index is 14.3. The molecule has 0 N–H and O–H groups in total. The molecule has 0 spiro atoms. The van der Waals surface area contributed by atoms with E-state index in [0.717, 1.165) is 23.8 Å². The molecule has 7 nitrogen and oxygen atoms in total. The summed E-state index contributed by atoms with van der Waals surface area (Å²) in [7, 11) is -5.88. The van der Waals surface area contributed by atoms with Gasteiger partial charge in [0.05, 0.1) is 27.2 Å². The van der Waals surface area contributed by atoms with Crippen molar-refractivity contribution < 1.29 is 26.0 Å². The third-order valence-electron chi connectivity index (χ3n) is 4.96. The van der Waals surface area contributed by atoms with Crippen molar-refractivity contribution >= 4 is 25.6 Å². The summed E-state index contributed by atoms with van der Waals surface area (Å²) in [6.45, 7) is 0.306. The van der Waals surface area contributed by atoms with Gasteiger partial charge in [0.25, 0.3) is 5.91 Å². The molecule has 1 aromatic carbocycles. The Morgan fingerprint density at radius 3 is 2.55 bits per heavy atom. The van der Waals surface area contributed by atoms with Gasteiger partial charge >= 0.3 is 0 Å². The molecule has 1 aliphatic heterocycles. The monoisotopic (exact) mass is 440 g/mol. The summed E-state index contributed by atoms with van der Waals surface area (Å²) in [4.78, 5) is 17.7. The molecule has 1 aromatic heterocycles. The maximum Gasteiger partial charge on any atom is 0.256 e. The number of benzene rings is 1. The Hall–Kier alpha value is -2.33. The standard InChI is InChI=1S/C19H21FN2O5S2/c1-22(10-6-14-4-8-21-9-5-14)19(23)17-12-15(2-3-18(17)20)29(26,27)16-7-11-28(24,25)13-16/h2-5,8-9,12,16H,6-7,10-11,13H2,1H3. The van der Waals surface area contributed by atoms with E-state index in [4.69, 9.17) is 0 Å². The van der Waals surface area contributed by atoms with Crippen LogP contribution in [0.15, 0.2) is 47.6 Å². The Morgan fingerprint density at radius 2 is 1.93 bits per heavy atom. The van der Waals surface area contributed by atoms with E-state index >= 15 is 0 Å². The minimum atomic E-state index is -3.99. The molecule has 2 aromatic rings. The number of hydrogen-bond donors (Lipinski definition) is 0. The number of likely N-dealkylation sites (N-methyl/N-ethyl adjacent to an activating group) is 1. The van der Waals surface area contributed by atoms with Crippen LogP contribution in [0, 0.1) is 5.82 Å². The van der Waals surface area contributed by atoms with Crippen molar-refractivity contribution in [2.45, 2.75) is 23.0 Å². The zero-order valence-electron chi connectivity index (χ0n) is 15.8. The second kappa shape index (κ2) is 8.19. The van der Waals surface area contributed by atoms with E-state index in [2.05, 4.69) is 4.98 Å². The van der Waals surface area contributed by atoms with Crippen LogP contribution in [-0.4, -0.2) is 63.0 Å². The van der Waals surface area contributed by atoms with Gasteiger partial charge in [-0.3, -0.25) is 9.78 Å². The third-order valence-corrected chi connectivity index (χ3v) is 9.13. The summed E-state index contributed by atoms with van der Waals surface area (Å²) in [6, 6.07) is 6.62. The van der Waals surface area contributed by atoms with Crippen LogP contribution >= 0.6 is 0 Å². The van der Waals surface area contributed by atoms with Gasteiger partial charge in [0.15, 0.2) is 19.7 Å². The van der Waals surface area contributed by atoms with Crippen molar-refractivity contribution in [2.75, 3.05) is 25.1 Å². The molecule has 1 atom stereocenters. The first kappa shape index (κ1) is 21.4. The molecular formula is C19H21FN2O5S2. The highest BCUT2D eigenvalue weighted by atomic mass is 32.2. The SMILES string of the molecule is CN(CCc1ccncc1)C(=O)c1cc(S(=O)(=O)C2CCS(=O)(=O)C2)ccc1F. The Bertz CT molecular complexity index is 1120. The number of rotatable bonds is 6. The zero-order chi connectivity index (χ0) is 21.2. The highest BCUT2D eigenvalue weighted by Crippen LogP contribution is 2.27. The molecule has 1 amide bonds. The summed E-state index contributed by atoms with van der Waals surface area (Å²) in [5.74, 6) is -2.12. The number of carbonyl (C=O) groups is 1. The number of sulfone groups is 2. The minimum absolute atomic E-state index is 0.00282. The lowest BCUT2D eigenvalue weighted by molar-refractivity contribution is 0.0791. The molecule has 29 heavy (non-hydrogen) atoms. The Morgan fingerprint density at radius 1 is 1.24 bits per heavy atom. The zero-order valence-corrected chi connectivity index (χ0v) is 17.4. The van der Waals surface area contributed by atoms with Crippen LogP contribution in [0.25, 0.3) is 0 Å². The van der Waals surface area contributed by atoms with Gasteiger partial charge in [-0.2, -0.15) is 0 Å². The lowest BCUT2D eigenvalue weighted by atomic mass is 10.1. The summed E-state index contributed by atoms with van der Waals surface area (Å²) in [6.07, 6.45) is 3.80. The average molecular weight is 441 g/mol. The summed E-state index contributed by atoms with van der Waals surface area (Å²) in [5, 5.41) is -1.08. The minimum Gasteiger partial charge on any atom is -0.341 e. The van der Waals surface area contributed by atoms with Crippen molar-refractivity contribution in [1.29, 1.82) is 0 Å². The number of hydrogen-bond acceptors (Lipinski definition) is 6. The fourth-order valence-corrected chi connectivity index (χ4v) is 7.58. The van der Waals surface area contributed by atoms with Gasteiger partial charge in [0, 0.05) is 26.0 Å². The Balaban J connectivity index is 1.80. The average Bonchev–Trinajstić information content (AvgIpc) is 3.07. The van der Waals surface area contributed by atoms with Crippen LogP contribution in [0.1, 0.15) is 22.3 Å². The number of halogens is 1. The Kier molecular flexibility index (Phi) is 6.04. The number of pyridine rings is 1. The molecule has 1 fully saturated rings. The summed E-state index contributed by atoms with van der Waals surface area (Å²) >= 11 is 0. The molecule has 3 rings (SSSR count). The molecule has 0 radical (unpaired) electrons. The van der Waals surface area contributed by atoms with Gasteiger partial charge < -0.3 is 4.90 Å². The first-order valence-electron chi connectivity index (χ1n) is 8.98. The number of aromatic nitrogens is 1. The van der Waals surface area contributed by atoms with Gasteiger partial charge in [0.1, 0.15) is 5.82 Å². The number of nitrogens with zero attached hydrogens (tertiary/aromatic N) is 2. The molecule has 10 heteroatoms. The van der Waals surface area contributed by atoms with Crippen molar-refractivity contribution in [3.05, 3.63) is 59.7 Å². The molecule has 1 saturated heterocycles. The fourth-order valence-electron chi connectivity index (χ4n) is 3.20. The van der Waals surface area contributed by atoms with Gasteiger partial charge in [-0.15, -0.1) is 0 Å². The van der Waals surface area contributed by atoms with Crippen molar-refractivity contribution in [3.8, 4) is 0 Å². The lowest BCUT2D eigenvalue weighted by Crippen LogP contribution is -2.30. The number of carbonyl (C=O) groups excluding carboxylic acids is 1. The van der Waals surface area contributed by atoms with Crippen molar-refractivity contribution in [2.24, 2.45) is 0 Å².